The van der Waals surface area contributed by atoms with E-state index in [0.717, 1.165) is 12.1 Å². The van der Waals surface area contributed by atoms with Crippen molar-refractivity contribution in [2.45, 2.75) is 53.8 Å². The molecule has 0 saturated carbocycles. The van der Waals surface area contributed by atoms with E-state index in [4.69, 9.17) is 10.5 Å². The third-order valence-electron chi connectivity index (χ3n) is 5.10. The van der Waals surface area contributed by atoms with Crippen molar-refractivity contribution in [1.29, 1.82) is 0 Å². The minimum absolute atomic E-state index is 0.0390. The van der Waals surface area contributed by atoms with Gasteiger partial charge in [0.1, 0.15) is 6.61 Å². The molecule has 0 aromatic heterocycles. The molecule has 0 aliphatic carbocycles. The molecule has 0 spiro atoms. The molecule has 1 fully saturated rings. The van der Waals surface area contributed by atoms with Gasteiger partial charge in [0, 0.05) is 25.3 Å². The van der Waals surface area contributed by atoms with Crippen LogP contribution in [0.5, 0.6) is 0 Å². The van der Waals surface area contributed by atoms with Gasteiger partial charge in [-0.15, -0.1) is 0 Å². The van der Waals surface area contributed by atoms with Crippen LogP contribution in [0.15, 0.2) is 18.2 Å². The lowest BCUT2D eigenvalue weighted by atomic mass is 9.90. The van der Waals surface area contributed by atoms with Crippen LogP contribution in [0.2, 0.25) is 0 Å². The summed E-state index contributed by atoms with van der Waals surface area (Å²) in [6.45, 7) is 12.3. The molecule has 1 heterocycles. The highest BCUT2D eigenvalue weighted by Gasteiger charge is 2.39. The van der Waals surface area contributed by atoms with Gasteiger partial charge in [0.15, 0.2) is 6.04 Å². The quantitative estimate of drug-likeness (QED) is 0.560. The second-order valence-electron chi connectivity index (χ2n) is 11.1. The normalized spacial score (nSPS) is 16.4. The van der Waals surface area contributed by atoms with Gasteiger partial charge in [-0.2, -0.15) is 13.2 Å². The zero-order valence-electron chi connectivity index (χ0n) is 21.1. The Morgan fingerprint density at radius 2 is 1.69 bits per heavy atom. The third kappa shape index (κ3) is 8.21. The summed E-state index contributed by atoms with van der Waals surface area (Å²) in [4.78, 5) is 40.4. The molecule has 1 atom stereocenters. The fourth-order valence-corrected chi connectivity index (χ4v) is 3.97. The van der Waals surface area contributed by atoms with Gasteiger partial charge in [0.25, 0.3) is 11.8 Å². The lowest BCUT2D eigenvalue weighted by molar-refractivity contribution is -0.137. The van der Waals surface area contributed by atoms with Gasteiger partial charge < -0.3 is 20.7 Å². The maximum atomic E-state index is 13.9. The number of primary amides is 1. The van der Waals surface area contributed by atoms with E-state index in [0.29, 0.717) is 13.1 Å². The number of nitrogens with two attached hydrogens (primary N) is 1. The van der Waals surface area contributed by atoms with E-state index in [1.807, 2.05) is 41.5 Å². The van der Waals surface area contributed by atoms with Crippen LogP contribution in [0, 0.1) is 10.8 Å². The van der Waals surface area contributed by atoms with Gasteiger partial charge in [0.05, 0.1) is 17.9 Å². The van der Waals surface area contributed by atoms with Crippen LogP contribution in [-0.4, -0.2) is 61.5 Å². The maximum Gasteiger partial charge on any atom is 0.418 e. The van der Waals surface area contributed by atoms with E-state index >= 15 is 0 Å². The lowest BCUT2D eigenvalue weighted by Crippen LogP contribution is -2.56. The molecule has 1 aliphatic heterocycles. The van der Waals surface area contributed by atoms with Crippen LogP contribution in [0.4, 0.5) is 24.5 Å². The Balaban J connectivity index is 2.43. The van der Waals surface area contributed by atoms with Crippen LogP contribution in [0.1, 0.15) is 47.1 Å². The number of hydrogen-bond donors (Lipinski definition) is 2. The molecule has 8 nitrogen and oxygen atoms in total. The van der Waals surface area contributed by atoms with Gasteiger partial charge in [-0.05, 0) is 29.0 Å². The van der Waals surface area contributed by atoms with Crippen molar-refractivity contribution in [2.24, 2.45) is 16.6 Å². The number of carbonyl (C=O) groups is 3. The molecule has 3 amide bonds. The molecular formula is C24H35F3N4O4. The molecule has 1 aromatic carbocycles. The Hall–Kier alpha value is -2.66. The van der Waals surface area contributed by atoms with E-state index in [-0.39, 0.29) is 36.3 Å². The van der Waals surface area contributed by atoms with Crippen LogP contribution in [-0.2, 0) is 25.3 Å². The van der Waals surface area contributed by atoms with Gasteiger partial charge in [0.2, 0.25) is 5.91 Å². The molecule has 11 heteroatoms. The number of halogens is 3. The summed E-state index contributed by atoms with van der Waals surface area (Å²) in [5, 5.41) is 2.26. The van der Waals surface area contributed by atoms with Crippen LogP contribution >= 0.6 is 0 Å². The molecule has 0 unspecified atom stereocenters. The number of nitrogens with zero attached hydrogens (tertiary/aromatic N) is 2. The van der Waals surface area contributed by atoms with Gasteiger partial charge >= 0.3 is 6.18 Å². The summed E-state index contributed by atoms with van der Waals surface area (Å²) in [6.07, 6.45) is -4.83. The smallest absolute Gasteiger partial charge is 0.370 e. The van der Waals surface area contributed by atoms with E-state index in [1.165, 1.54) is 11.0 Å². The first-order valence-electron chi connectivity index (χ1n) is 11.3. The Bertz CT molecular complexity index is 936. The van der Waals surface area contributed by atoms with E-state index in [9.17, 15) is 27.6 Å². The third-order valence-corrected chi connectivity index (χ3v) is 5.10. The Morgan fingerprint density at radius 1 is 1.11 bits per heavy atom. The van der Waals surface area contributed by atoms with Gasteiger partial charge in [-0.1, -0.05) is 41.5 Å². The number of ether oxygens (including phenoxy) is 1. The maximum absolute atomic E-state index is 13.9. The number of amides is 3. The highest BCUT2D eigenvalue weighted by Crippen LogP contribution is 2.38. The second-order valence-corrected chi connectivity index (χ2v) is 11.1. The first-order chi connectivity index (χ1) is 15.9. The standard InChI is InChI=1S/C24H35F3N4O4/c1-22(2,3)13-30(14-23(4,5)6)19(20(28)33)21(34)29-17-8-7-15(11-16(17)24(25,26)27)31-9-10-35-12-18(31)32/h7-8,11,19H,9-10,12-14H2,1-6H3,(H2,28,33)(H,29,34)/t19-/m0/s1. The predicted molar refractivity (Wildman–Crippen MR) is 127 cm³/mol. The minimum atomic E-state index is -4.83. The van der Waals surface area contributed by atoms with Crippen molar-refractivity contribution in [3.05, 3.63) is 23.8 Å². The average molecular weight is 501 g/mol. The summed E-state index contributed by atoms with van der Waals surface area (Å²) < 4.78 is 46.8. The summed E-state index contributed by atoms with van der Waals surface area (Å²) in [5.41, 5.74) is 3.32. The number of hydrogen-bond acceptors (Lipinski definition) is 5. The van der Waals surface area contributed by atoms with Crippen molar-refractivity contribution in [3.63, 3.8) is 0 Å². The molecular weight excluding hydrogens is 465 g/mol. The molecule has 35 heavy (non-hydrogen) atoms. The molecule has 0 radical (unpaired) electrons. The zero-order chi connectivity index (χ0) is 26.8. The average Bonchev–Trinajstić information content (AvgIpc) is 2.65. The number of rotatable bonds is 7. The number of nitrogens with one attached hydrogen (secondary N) is 1. The number of benzene rings is 1. The van der Waals surface area contributed by atoms with Gasteiger partial charge in [-0.3, -0.25) is 19.3 Å². The molecule has 3 N–H and O–H groups in total. The highest BCUT2D eigenvalue weighted by atomic mass is 19.4. The van der Waals surface area contributed by atoms with Crippen molar-refractivity contribution < 1.29 is 32.3 Å². The molecule has 2 rings (SSSR count). The minimum Gasteiger partial charge on any atom is -0.370 e. The van der Waals surface area contributed by atoms with Crippen molar-refractivity contribution in [2.75, 3.05) is 43.1 Å². The molecule has 0 bridgehead atoms. The number of alkyl halides is 3. The Labute approximate surface area is 203 Å². The van der Waals surface area contributed by atoms with E-state index in [1.54, 1.807) is 4.90 Å². The fourth-order valence-electron chi connectivity index (χ4n) is 3.97. The summed E-state index contributed by atoms with van der Waals surface area (Å²) in [7, 11) is 0. The second kappa shape index (κ2) is 10.5. The molecule has 196 valence electrons. The number of morpholine rings is 1. The highest BCUT2D eigenvalue weighted by molar-refractivity contribution is 6.10. The lowest BCUT2D eigenvalue weighted by Gasteiger charge is -2.38. The molecule has 1 saturated heterocycles. The largest absolute Gasteiger partial charge is 0.418 e. The van der Waals surface area contributed by atoms with Crippen molar-refractivity contribution >= 4 is 29.1 Å². The molecule has 1 aromatic rings. The van der Waals surface area contributed by atoms with Crippen LogP contribution in [0.25, 0.3) is 0 Å². The van der Waals surface area contributed by atoms with Crippen LogP contribution in [0.3, 0.4) is 0 Å². The number of anilines is 2. The van der Waals surface area contributed by atoms with Gasteiger partial charge in [-0.25, -0.2) is 0 Å². The summed E-state index contributed by atoms with van der Waals surface area (Å²) in [6, 6.07) is 1.72. The Morgan fingerprint density at radius 3 is 2.14 bits per heavy atom. The van der Waals surface area contributed by atoms with Crippen LogP contribution < -0.4 is 16.0 Å². The fraction of sp³-hybridized carbons (Fsp3) is 0.625. The first kappa shape index (κ1) is 28.6. The van der Waals surface area contributed by atoms with E-state index < -0.39 is 41.2 Å². The monoisotopic (exact) mass is 500 g/mol. The Kier molecular flexibility index (Phi) is 8.60. The first-order valence-corrected chi connectivity index (χ1v) is 11.3. The SMILES string of the molecule is CC(C)(C)CN(CC(C)(C)C)[C@@H](C(N)=O)C(=O)Nc1ccc(N2CCOCC2=O)cc1C(F)(F)F. The zero-order valence-corrected chi connectivity index (χ0v) is 21.1. The van der Waals surface area contributed by atoms with Crippen molar-refractivity contribution in [3.8, 4) is 0 Å². The number of carbonyl (C=O) groups excluding carboxylic acids is 3. The predicted octanol–water partition coefficient (Wildman–Crippen LogP) is 3.26. The summed E-state index contributed by atoms with van der Waals surface area (Å²) in [5.74, 6) is -2.37. The van der Waals surface area contributed by atoms with E-state index in [2.05, 4.69) is 5.32 Å². The topological polar surface area (TPSA) is 105 Å². The summed E-state index contributed by atoms with van der Waals surface area (Å²) >= 11 is 0. The molecule has 1 aliphatic rings. The van der Waals surface area contributed by atoms with Crippen molar-refractivity contribution in [1.82, 2.24) is 4.90 Å².